The van der Waals surface area contributed by atoms with E-state index in [0.29, 0.717) is 0 Å². The first-order valence-corrected chi connectivity index (χ1v) is 11.6. The van der Waals surface area contributed by atoms with Crippen molar-refractivity contribution >= 4 is 0 Å². The van der Waals surface area contributed by atoms with Crippen molar-refractivity contribution in [3.8, 4) is 0 Å². The SMILES string of the molecule is CCN(CC)CCOCC(CC)(CCCC(C)C)COCCN(CC)CC. The van der Waals surface area contributed by atoms with E-state index in [0.717, 1.165) is 78.0 Å². The lowest BCUT2D eigenvalue weighted by Gasteiger charge is -2.33. The monoisotopic (exact) mass is 386 g/mol. The van der Waals surface area contributed by atoms with Gasteiger partial charge in [0.25, 0.3) is 0 Å². The van der Waals surface area contributed by atoms with Crippen LogP contribution in [0.3, 0.4) is 0 Å². The minimum atomic E-state index is 0.168. The van der Waals surface area contributed by atoms with E-state index >= 15 is 0 Å². The van der Waals surface area contributed by atoms with Gasteiger partial charge in [0, 0.05) is 18.5 Å². The van der Waals surface area contributed by atoms with Crippen LogP contribution in [0.25, 0.3) is 0 Å². The Balaban J connectivity index is 4.52. The third kappa shape index (κ3) is 12.8. The lowest BCUT2D eigenvalue weighted by Crippen LogP contribution is -2.35. The molecule has 0 aliphatic rings. The van der Waals surface area contributed by atoms with Crippen LogP contribution in [0.4, 0.5) is 0 Å². The van der Waals surface area contributed by atoms with Crippen LogP contribution < -0.4 is 0 Å². The maximum Gasteiger partial charge on any atom is 0.0593 e. The maximum absolute atomic E-state index is 6.17. The van der Waals surface area contributed by atoms with Gasteiger partial charge < -0.3 is 19.3 Å². The van der Waals surface area contributed by atoms with E-state index in [2.05, 4.69) is 58.3 Å². The topological polar surface area (TPSA) is 24.9 Å². The summed E-state index contributed by atoms with van der Waals surface area (Å²) in [5.74, 6) is 0.770. The molecule has 4 nitrogen and oxygen atoms in total. The number of nitrogens with zero attached hydrogens (tertiary/aromatic N) is 2. The predicted molar refractivity (Wildman–Crippen MR) is 119 cm³/mol. The summed E-state index contributed by atoms with van der Waals surface area (Å²) in [5, 5.41) is 0. The summed E-state index contributed by atoms with van der Waals surface area (Å²) in [6, 6.07) is 0. The first kappa shape index (κ1) is 26.8. The number of hydrogen-bond donors (Lipinski definition) is 0. The van der Waals surface area contributed by atoms with Crippen molar-refractivity contribution in [1.29, 1.82) is 0 Å². The van der Waals surface area contributed by atoms with Gasteiger partial charge in [0.2, 0.25) is 0 Å². The van der Waals surface area contributed by atoms with Crippen molar-refractivity contribution in [3.05, 3.63) is 0 Å². The maximum atomic E-state index is 6.17. The molecule has 0 saturated carbocycles. The molecule has 164 valence electrons. The van der Waals surface area contributed by atoms with Crippen LogP contribution in [0, 0.1) is 11.3 Å². The Kier molecular flexibility index (Phi) is 16.7. The van der Waals surface area contributed by atoms with E-state index in [9.17, 15) is 0 Å². The molecule has 0 unspecified atom stereocenters. The van der Waals surface area contributed by atoms with Crippen LogP contribution in [0.5, 0.6) is 0 Å². The molecule has 0 N–H and O–H groups in total. The lowest BCUT2D eigenvalue weighted by atomic mass is 9.81. The first-order chi connectivity index (χ1) is 13.0. The van der Waals surface area contributed by atoms with Crippen molar-refractivity contribution in [1.82, 2.24) is 9.80 Å². The van der Waals surface area contributed by atoms with Crippen LogP contribution in [0.1, 0.15) is 74.1 Å². The molecule has 0 aromatic heterocycles. The largest absolute Gasteiger partial charge is 0.379 e. The van der Waals surface area contributed by atoms with Gasteiger partial charge in [-0.2, -0.15) is 0 Å². The Morgan fingerprint density at radius 1 is 0.741 bits per heavy atom. The average Bonchev–Trinajstić information content (AvgIpc) is 2.67. The molecular formula is C23H50N2O2. The molecule has 0 spiro atoms. The van der Waals surface area contributed by atoms with Crippen LogP contribution >= 0.6 is 0 Å². The highest BCUT2D eigenvalue weighted by atomic mass is 16.5. The third-order valence-corrected chi connectivity index (χ3v) is 5.95. The zero-order valence-electron chi connectivity index (χ0n) is 19.7. The Morgan fingerprint density at radius 2 is 1.19 bits per heavy atom. The van der Waals surface area contributed by atoms with Crippen molar-refractivity contribution in [2.45, 2.75) is 74.1 Å². The molecule has 0 aliphatic heterocycles. The number of rotatable bonds is 19. The smallest absolute Gasteiger partial charge is 0.0593 e. The fraction of sp³-hybridized carbons (Fsp3) is 1.00. The van der Waals surface area contributed by atoms with Crippen molar-refractivity contribution in [2.75, 3.05) is 65.7 Å². The molecule has 0 aromatic carbocycles. The van der Waals surface area contributed by atoms with E-state index in [1.807, 2.05) is 0 Å². The van der Waals surface area contributed by atoms with E-state index < -0.39 is 0 Å². The van der Waals surface area contributed by atoms with Gasteiger partial charge in [-0.3, -0.25) is 0 Å². The molecule has 0 heterocycles. The highest BCUT2D eigenvalue weighted by Crippen LogP contribution is 2.31. The Morgan fingerprint density at radius 3 is 1.52 bits per heavy atom. The number of hydrogen-bond acceptors (Lipinski definition) is 4. The molecule has 0 rings (SSSR count). The number of likely N-dealkylation sites (N-methyl/N-ethyl adjacent to an activating group) is 2. The Hall–Kier alpha value is -0.160. The van der Waals surface area contributed by atoms with Gasteiger partial charge in [0.1, 0.15) is 0 Å². The molecule has 0 amide bonds. The zero-order valence-corrected chi connectivity index (χ0v) is 19.7. The van der Waals surface area contributed by atoms with Gasteiger partial charge >= 0.3 is 0 Å². The highest BCUT2D eigenvalue weighted by Gasteiger charge is 2.29. The molecule has 0 atom stereocenters. The Bertz CT molecular complexity index is 296. The van der Waals surface area contributed by atoms with E-state index in [-0.39, 0.29) is 5.41 Å². The summed E-state index contributed by atoms with van der Waals surface area (Å²) in [6.07, 6.45) is 4.89. The standard InChI is InChI=1S/C23H50N2O2/c1-8-23(15-13-14-22(6)7,20-26-18-16-24(9-2)10-3)21-27-19-17-25(11-4)12-5/h22H,8-21H2,1-7H3. The molecule has 4 heteroatoms. The van der Waals surface area contributed by atoms with Gasteiger partial charge in [0.05, 0.1) is 26.4 Å². The van der Waals surface area contributed by atoms with Crippen molar-refractivity contribution in [2.24, 2.45) is 11.3 Å². The summed E-state index contributed by atoms with van der Waals surface area (Å²) in [7, 11) is 0. The van der Waals surface area contributed by atoms with Crippen LogP contribution in [-0.4, -0.2) is 75.5 Å². The average molecular weight is 387 g/mol. The molecule has 27 heavy (non-hydrogen) atoms. The summed E-state index contributed by atoms with van der Waals surface area (Å²) < 4.78 is 12.3. The second-order valence-corrected chi connectivity index (χ2v) is 8.30. The fourth-order valence-electron chi connectivity index (χ4n) is 3.50. The molecule has 0 bridgehead atoms. The lowest BCUT2D eigenvalue weighted by molar-refractivity contribution is -0.0376. The van der Waals surface area contributed by atoms with Gasteiger partial charge in [-0.1, -0.05) is 61.3 Å². The second kappa shape index (κ2) is 16.8. The molecule has 0 aliphatic carbocycles. The summed E-state index contributed by atoms with van der Waals surface area (Å²) in [6.45, 7) is 25.6. The van der Waals surface area contributed by atoms with E-state index in [4.69, 9.17) is 9.47 Å². The molecule has 0 radical (unpaired) electrons. The van der Waals surface area contributed by atoms with Crippen molar-refractivity contribution in [3.63, 3.8) is 0 Å². The van der Waals surface area contributed by atoms with Gasteiger partial charge in [0.15, 0.2) is 0 Å². The van der Waals surface area contributed by atoms with Crippen molar-refractivity contribution < 1.29 is 9.47 Å². The van der Waals surface area contributed by atoms with Gasteiger partial charge in [-0.25, -0.2) is 0 Å². The third-order valence-electron chi connectivity index (χ3n) is 5.95. The normalized spacial score (nSPS) is 12.7. The molecular weight excluding hydrogens is 336 g/mol. The second-order valence-electron chi connectivity index (χ2n) is 8.30. The predicted octanol–water partition coefficient (Wildman–Crippen LogP) is 4.93. The van der Waals surface area contributed by atoms with Crippen LogP contribution in [0.15, 0.2) is 0 Å². The van der Waals surface area contributed by atoms with Gasteiger partial charge in [-0.15, -0.1) is 0 Å². The fourth-order valence-corrected chi connectivity index (χ4v) is 3.50. The highest BCUT2D eigenvalue weighted by molar-refractivity contribution is 4.78. The van der Waals surface area contributed by atoms with Gasteiger partial charge in [-0.05, 0) is 44.9 Å². The van der Waals surface area contributed by atoms with Crippen LogP contribution in [-0.2, 0) is 9.47 Å². The van der Waals surface area contributed by atoms with Crippen LogP contribution in [0.2, 0.25) is 0 Å². The molecule has 0 aromatic rings. The zero-order chi connectivity index (χ0) is 20.5. The summed E-state index contributed by atoms with van der Waals surface area (Å²) in [4.78, 5) is 4.85. The summed E-state index contributed by atoms with van der Waals surface area (Å²) >= 11 is 0. The number of ether oxygens (including phenoxy) is 2. The quantitative estimate of drug-likeness (QED) is 0.294. The van der Waals surface area contributed by atoms with E-state index in [1.54, 1.807) is 0 Å². The van der Waals surface area contributed by atoms with E-state index in [1.165, 1.54) is 19.3 Å². The first-order valence-electron chi connectivity index (χ1n) is 11.6. The summed E-state index contributed by atoms with van der Waals surface area (Å²) in [5.41, 5.74) is 0.168. The molecule has 0 fully saturated rings. The molecule has 0 saturated heterocycles. The minimum Gasteiger partial charge on any atom is -0.379 e. The Labute approximate surface area is 171 Å². The minimum absolute atomic E-state index is 0.168.